The highest BCUT2D eigenvalue weighted by molar-refractivity contribution is 8.16. The molecule has 1 aromatic carbocycles. The molecular weight excluding hydrogens is 320 g/mol. The molecule has 0 aromatic heterocycles. The maximum Gasteiger partial charge on any atom is 0.129 e. The van der Waals surface area contributed by atoms with Crippen LogP contribution in [-0.2, 0) is 0 Å². The van der Waals surface area contributed by atoms with Gasteiger partial charge in [-0.25, -0.2) is 0 Å². The van der Waals surface area contributed by atoms with Gasteiger partial charge in [0.15, 0.2) is 0 Å². The van der Waals surface area contributed by atoms with Crippen LogP contribution in [0.15, 0.2) is 24.3 Å². The van der Waals surface area contributed by atoms with Crippen molar-refractivity contribution in [3.63, 3.8) is 0 Å². The van der Waals surface area contributed by atoms with Gasteiger partial charge in [-0.2, -0.15) is 0 Å². The highest BCUT2D eigenvalue weighted by Crippen LogP contribution is 2.47. The van der Waals surface area contributed by atoms with Gasteiger partial charge in [0.2, 0.25) is 0 Å². The van der Waals surface area contributed by atoms with Crippen molar-refractivity contribution in [2.45, 2.75) is 44.5 Å². The van der Waals surface area contributed by atoms with E-state index >= 15 is 0 Å². The van der Waals surface area contributed by atoms with E-state index in [1.807, 2.05) is 0 Å². The summed E-state index contributed by atoms with van der Waals surface area (Å²) in [6.45, 7) is 11.6. The molecule has 0 amide bonds. The Labute approximate surface area is 146 Å². The van der Waals surface area contributed by atoms with Crippen molar-refractivity contribution in [1.29, 1.82) is 0 Å². The van der Waals surface area contributed by atoms with E-state index in [0.29, 0.717) is 4.58 Å². The predicted molar refractivity (Wildman–Crippen MR) is 107 cm³/mol. The van der Waals surface area contributed by atoms with E-state index in [9.17, 15) is 0 Å². The van der Waals surface area contributed by atoms with Crippen molar-refractivity contribution in [3.05, 3.63) is 35.4 Å². The molecule has 1 fully saturated rings. The summed E-state index contributed by atoms with van der Waals surface area (Å²) in [7, 11) is -1.28. The Balaban J connectivity index is 1.96. The first kappa shape index (κ1) is 18.0. The third-order valence-electron chi connectivity index (χ3n) is 4.14. The lowest BCUT2D eigenvalue weighted by molar-refractivity contribution is 0.418. The summed E-state index contributed by atoms with van der Waals surface area (Å²) >= 11 is 4.25. The van der Waals surface area contributed by atoms with E-state index in [1.165, 1.54) is 23.5 Å². The second-order valence-corrected chi connectivity index (χ2v) is 14.6. The van der Waals surface area contributed by atoms with Crippen LogP contribution in [0.5, 0.6) is 0 Å². The van der Waals surface area contributed by atoms with Crippen LogP contribution < -0.4 is 0 Å². The molecule has 0 radical (unpaired) electrons. The molecule has 3 heteroatoms. The van der Waals surface area contributed by atoms with Crippen molar-refractivity contribution in [2.24, 2.45) is 11.8 Å². The molecule has 22 heavy (non-hydrogen) atoms. The molecule has 0 nitrogen and oxygen atoms in total. The molecule has 1 aliphatic rings. The topological polar surface area (TPSA) is 0 Å². The fraction of sp³-hybridized carbons (Fsp3) is 0.579. The zero-order valence-electron chi connectivity index (χ0n) is 14.5. The first-order valence-electron chi connectivity index (χ1n) is 8.25. The van der Waals surface area contributed by atoms with Crippen molar-refractivity contribution >= 4 is 31.6 Å². The third-order valence-corrected chi connectivity index (χ3v) is 8.22. The van der Waals surface area contributed by atoms with Crippen molar-refractivity contribution in [2.75, 3.05) is 11.5 Å². The fourth-order valence-electron chi connectivity index (χ4n) is 2.36. The van der Waals surface area contributed by atoms with Crippen LogP contribution in [-0.4, -0.2) is 19.6 Å². The largest absolute Gasteiger partial charge is 0.142 e. The SMILES string of the molecule is CCC(C)[C@H]1CS[C@H](c2ccc(C#C[Si](C)(C)C)cc2)SC1. The predicted octanol–water partition coefficient (Wildman–Crippen LogP) is 6.06. The zero-order chi connectivity index (χ0) is 16.2. The van der Waals surface area contributed by atoms with Gasteiger partial charge in [0.05, 0.1) is 4.58 Å². The average Bonchev–Trinajstić information content (AvgIpc) is 2.52. The van der Waals surface area contributed by atoms with Crippen LogP contribution in [0.25, 0.3) is 0 Å². The molecule has 1 aliphatic heterocycles. The summed E-state index contributed by atoms with van der Waals surface area (Å²) in [5.41, 5.74) is 6.06. The molecule has 1 aromatic rings. The molecule has 2 rings (SSSR count). The number of thioether (sulfide) groups is 2. The van der Waals surface area contributed by atoms with Gasteiger partial charge in [0.1, 0.15) is 8.07 Å². The smallest absolute Gasteiger partial charge is 0.129 e. The lowest BCUT2D eigenvalue weighted by Gasteiger charge is -2.31. The maximum atomic E-state index is 3.44. The summed E-state index contributed by atoms with van der Waals surface area (Å²) in [5.74, 6) is 7.71. The van der Waals surface area contributed by atoms with Gasteiger partial charge in [-0.15, -0.1) is 29.1 Å². The van der Waals surface area contributed by atoms with Crippen molar-refractivity contribution in [1.82, 2.24) is 0 Å². The summed E-state index contributed by atoms with van der Waals surface area (Å²) in [6, 6.07) is 8.96. The van der Waals surface area contributed by atoms with Crippen molar-refractivity contribution in [3.8, 4) is 11.5 Å². The van der Waals surface area contributed by atoms with E-state index in [0.717, 1.165) is 17.4 Å². The third kappa shape index (κ3) is 5.40. The first-order chi connectivity index (χ1) is 10.4. The molecule has 1 unspecified atom stereocenters. The Bertz CT molecular complexity index is 525. The average molecular weight is 349 g/mol. The second-order valence-electron chi connectivity index (χ2n) is 7.27. The van der Waals surface area contributed by atoms with Crippen molar-refractivity contribution < 1.29 is 0 Å². The maximum absolute atomic E-state index is 3.44. The molecule has 1 heterocycles. The van der Waals surface area contributed by atoms with Gasteiger partial charge in [-0.05, 0) is 41.0 Å². The highest BCUT2D eigenvalue weighted by atomic mass is 32.2. The van der Waals surface area contributed by atoms with Gasteiger partial charge in [0, 0.05) is 5.56 Å². The second kappa shape index (κ2) is 7.99. The van der Waals surface area contributed by atoms with E-state index in [4.69, 9.17) is 0 Å². The normalized spacial score (nSPS) is 23.5. The Hall–Kier alpha value is -0.303. The molecule has 0 aliphatic carbocycles. The van der Waals surface area contributed by atoms with Crippen LogP contribution in [0.4, 0.5) is 0 Å². The Morgan fingerprint density at radius 1 is 1.14 bits per heavy atom. The van der Waals surface area contributed by atoms with E-state index in [-0.39, 0.29) is 0 Å². The quantitative estimate of drug-likeness (QED) is 0.481. The number of rotatable bonds is 3. The standard InChI is InChI=1S/C19H28S2Si/c1-6-15(2)18-13-20-19(21-14-18)17-9-7-16(8-10-17)11-12-22(3,4)5/h7-10,15,18-19H,6,13-14H2,1-5H3/t15?,18-,19-. The minimum absolute atomic E-state index is 0.610. The van der Waals surface area contributed by atoms with Gasteiger partial charge in [0.25, 0.3) is 0 Å². The van der Waals surface area contributed by atoms with Gasteiger partial charge in [-0.1, -0.05) is 58.0 Å². The highest BCUT2D eigenvalue weighted by Gasteiger charge is 2.26. The van der Waals surface area contributed by atoms with Gasteiger partial charge >= 0.3 is 0 Å². The Kier molecular flexibility index (Phi) is 6.55. The number of hydrogen-bond donors (Lipinski definition) is 0. The minimum Gasteiger partial charge on any atom is -0.142 e. The monoisotopic (exact) mass is 348 g/mol. The van der Waals surface area contributed by atoms with E-state index < -0.39 is 8.07 Å². The molecule has 1 saturated heterocycles. The van der Waals surface area contributed by atoms with Gasteiger partial charge in [-0.3, -0.25) is 0 Å². The lowest BCUT2D eigenvalue weighted by Crippen LogP contribution is -2.21. The minimum atomic E-state index is -1.28. The number of benzene rings is 1. The van der Waals surface area contributed by atoms with Crippen LogP contribution in [0.2, 0.25) is 19.6 Å². The molecule has 1 atom stereocenters. The lowest BCUT2D eigenvalue weighted by atomic mass is 9.95. The first-order valence-corrected chi connectivity index (χ1v) is 13.8. The zero-order valence-corrected chi connectivity index (χ0v) is 17.1. The molecule has 0 bridgehead atoms. The Morgan fingerprint density at radius 2 is 1.73 bits per heavy atom. The van der Waals surface area contributed by atoms with Gasteiger partial charge < -0.3 is 0 Å². The molecule has 0 saturated carbocycles. The van der Waals surface area contributed by atoms with E-state index in [1.54, 1.807) is 0 Å². The molecule has 0 N–H and O–H groups in total. The van der Waals surface area contributed by atoms with Crippen LogP contribution in [0.3, 0.4) is 0 Å². The molecule has 0 spiro atoms. The van der Waals surface area contributed by atoms with E-state index in [2.05, 4.69) is 92.7 Å². The summed E-state index contributed by atoms with van der Waals surface area (Å²) < 4.78 is 0.610. The summed E-state index contributed by atoms with van der Waals surface area (Å²) in [4.78, 5) is 0. The summed E-state index contributed by atoms with van der Waals surface area (Å²) in [6.07, 6.45) is 1.31. The molecule has 120 valence electrons. The Morgan fingerprint density at radius 3 is 2.23 bits per heavy atom. The van der Waals surface area contributed by atoms with Crippen LogP contribution in [0, 0.1) is 23.3 Å². The summed E-state index contributed by atoms with van der Waals surface area (Å²) in [5, 5.41) is 0. The van der Waals surface area contributed by atoms with Crippen LogP contribution in [0.1, 0.15) is 36.0 Å². The fourth-order valence-corrected chi connectivity index (χ4v) is 6.32. The molecular formula is C19H28S2Si. The number of hydrogen-bond acceptors (Lipinski definition) is 2. The van der Waals surface area contributed by atoms with Crippen LogP contribution >= 0.6 is 23.5 Å².